The summed E-state index contributed by atoms with van der Waals surface area (Å²) < 4.78 is 22.2. The summed E-state index contributed by atoms with van der Waals surface area (Å²) in [6.07, 6.45) is 6.64. The van der Waals surface area contributed by atoms with Crippen LogP contribution in [-0.2, 0) is 4.74 Å². The Labute approximate surface area is 277 Å². The van der Waals surface area contributed by atoms with Crippen molar-refractivity contribution in [2.75, 3.05) is 66.5 Å². The highest BCUT2D eigenvalue weighted by molar-refractivity contribution is 5.95. The number of fused-ring (bicyclic) bond motifs is 1. The third kappa shape index (κ3) is 8.15. The third-order valence-electron chi connectivity index (χ3n) is 9.03. The van der Waals surface area contributed by atoms with Gasteiger partial charge >= 0.3 is 0 Å². The van der Waals surface area contributed by atoms with Crippen molar-refractivity contribution < 1.29 is 23.7 Å². The van der Waals surface area contributed by atoms with E-state index in [1.165, 1.54) is 0 Å². The second kappa shape index (κ2) is 16.0. The monoisotopic (exact) mass is 644 g/mol. The number of aromatic nitrogens is 3. The Bertz CT molecular complexity index is 1580. The van der Waals surface area contributed by atoms with Crippen LogP contribution in [0.3, 0.4) is 0 Å². The van der Waals surface area contributed by atoms with Gasteiger partial charge in [-0.05, 0) is 69.5 Å². The smallest absolute Gasteiger partial charge is 0.253 e. The molecule has 3 heterocycles. The van der Waals surface area contributed by atoms with Crippen LogP contribution in [0, 0.1) is 0 Å². The van der Waals surface area contributed by atoms with E-state index < -0.39 is 0 Å². The lowest BCUT2D eigenvalue weighted by Gasteiger charge is -2.33. The molecule has 11 heteroatoms. The Balaban J connectivity index is 1.19. The van der Waals surface area contributed by atoms with Crippen molar-refractivity contribution in [2.24, 2.45) is 0 Å². The molecular weight excluding hydrogens is 596 g/mol. The summed E-state index contributed by atoms with van der Waals surface area (Å²) in [6.45, 7) is 8.21. The zero-order valence-electron chi connectivity index (χ0n) is 28.4. The summed E-state index contributed by atoms with van der Waals surface area (Å²) in [5.74, 6) is 2.18. The number of pyridine rings is 1. The highest BCUT2D eigenvalue weighted by Crippen LogP contribution is 2.38. The molecule has 4 aromatic rings. The van der Waals surface area contributed by atoms with Crippen molar-refractivity contribution in [1.29, 1.82) is 0 Å². The van der Waals surface area contributed by atoms with Crippen LogP contribution in [0.4, 0.5) is 5.95 Å². The first-order valence-electron chi connectivity index (χ1n) is 16.4. The van der Waals surface area contributed by atoms with Crippen LogP contribution in [-0.4, -0.2) is 97.9 Å². The first-order chi connectivity index (χ1) is 22.8. The molecule has 252 valence electrons. The van der Waals surface area contributed by atoms with Gasteiger partial charge in [-0.25, -0.2) is 4.98 Å². The lowest BCUT2D eigenvalue weighted by molar-refractivity contribution is 0.0772. The minimum atomic E-state index is -0.116. The first-order valence-corrected chi connectivity index (χ1v) is 16.4. The van der Waals surface area contributed by atoms with E-state index in [9.17, 15) is 4.79 Å². The van der Waals surface area contributed by atoms with Crippen molar-refractivity contribution in [3.8, 4) is 17.2 Å². The zero-order chi connectivity index (χ0) is 33.3. The molecule has 1 aliphatic rings. The van der Waals surface area contributed by atoms with Crippen LogP contribution in [0.15, 0.2) is 54.9 Å². The SMILES string of the molecule is CCOC(C)c1cccc2[nH]c(NC3CCN(CCC(CN(C)C(=O)c4cc(OC)c(OC)c(OC)c4)c4cccnc4)CC3)nc12. The van der Waals surface area contributed by atoms with Gasteiger partial charge in [-0.15, -0.1) is 0 Å². The molecule has 1 aliphatic heterocycles. The first kappa shape index (κ1) is 34.0. The van der Waals surface area contributed by atoms with Crippen molar-refractivity contribution in [1.82, 2.24) is 24.8 Å². The van der Waals surface area contributed by atoms with Crippen LogP contribution in [0.5, 0.6) is 17.2 Å². The number of methoxy groups -OCH3 is 3. The van der Waals surface area contributed by atoms with Crippen LogP contribution >= 0.6 is 0 Å². The Morgan fingerprint density at radius 3 is 2.47 bits per heavy atom. The normalized spacial score (nSPS) is 15.3. The quantitative estimate of drug-likeness (QED) is 0.163. The number of para-hydroxylation sites is 1. The van der Waals surface area contributed by atoms with Gasteiger partial charge in [-0.1, -0.05) is 18.2 Å². The number of likely N-dealkylation sites (tertiary alicyclic amines) is 1. The lowest BCUT2D eigenvalue weighted by Crippen LogP contribution is -2.40. The summed E-state index contributed by atoms with van der Waals surface area (Å²) in [6, 6.07) is 14.0. The number of hydrogen-bond donors (Lipinski definition) is 2. The van der Waals surface area contributed by atoms with Gasteiger partial charge in [0.15, 0.2) is 11.5 Å². The second-order valence-electron chi connectivity index (χ2n) is 12.1. The molecule has 0 bridgehead atoms. The van der Waals surface area contributed by atoms with E-state index in [0.717, 1.165) is 67.0 Å². The van der Waals surface area contributed by atoms with Gasteiger partial charge in [-0.3, -0.25) is 9.78 Å². The number of ether oxygens (including phenoxy) is 4. The molecule has 2 atom stereocenters. The molecule has 5 rings (SSSR count). The van der Waals surface area contributed by atoms with Crippen molar-refractivity contribution in [3.05, 3.63) is 71.5 Å². The van der Waals surface area contributed by atoms with Crippen molar-refractivity contribution in [2.45, 2.75) is 51.2 Å². The summed E-state index contributed by atoms with van der Waals surface area (Å²) in [5, 5.41) is 3.64. The molecule has 11 nitrogen and oxygen atoms in total. The van der Waals surface area contributed by atoms with Gasteiger partial charge in [0.1, 0.15) is 0 Å². The van der Waals surface area contributed by atoms with E-state index in [1.807, 2.05) is 32.3 Å². The number of anilines is 1. The highest BCUT2D eigenvalue weighted by atomic mass is 16.5. The fourth-order valence-electron chi connectivity index (χ4n) is 6.44. The number of piperidine rings is 1. The van der Waals surface area contributed by atoms with E-state index in [4.69, 9.17) is 23.9 Å². The lowest BCUT2D eigenvalue weighted by atomic mass is 9.95. The highest BCUT2D eigenvalue weighted by Gasteiger charge is 2.25. The molecule has 2 unspecified atom stereocenters. The van der Waals surface area contributed by atoms with Gasteiger partial charge in [0.25, 0.3) is 5.91 Å². The molecule has 1 fully saturated rings. The van der Waals surface area contributed by atoms with Gasteiger partial charge in [-0.2, -0.15) is 0 Å². The number of likely N-dealkylation sites (N-methyl/N-ethyl adjacent to an activating group) is 1. The molecule has 0 aliphatic carbocycles. The number of amides is 1. The van der Waals surface area contributed by atoms with Crippen molar-refractivity contribution in [3.63, 3.8) is 0 Å². The van der Waals surface area contributed by atoms with Gasteiger partial charge in [0.05, 0.1) is 38.5 Å². The number of nitrogens with zero attached hydrogens (tertiary/aromatic N) is 4. The van der Waals surface area contributed by atoms with E-state index in [2.05, 4.69) is 45.3 Å². The van der Waals surface area contributed by atoms with Gasteiger partial charge < -0.3 is 39.0 Å². The summed E-state index contributed by atoms with van der Waals surface area (Å²) in [4.78, 5) is 30.6. The average Bonchev–Trinajstić information content (AvgIpc) is 3.52. The van der Waals surface area contributed by atoms with Crippen LogP contribution in [0.25, 0.3) is 11.0 Å². The van der Waals surface area contributed by atoms with Crippen molar-refractivity contribution >= 4 is 22.9 Å². The number of benzene rings is 2. The average molecular weight is 645 g/mol. The van der Waals surface area contributed by atoms with Crippen LogP contribution in [0.2, 0.25) is 0 Å². The maximum Gasteiger partial charge on any atom is 0.253 e. The molecule has 0 radical (unpaired) electrons. The number of aromatic amines is 1. The van der Waals surface area contributed by atoms with E-state index in [-0.39, 0.29) is 17.9 Å². The number of rotatable bonds is 15. The molecule has 1 saturated heterocycles. The summed E-state index contributed by atoms with van der Waals surface area (Å²) >= 11 is 0. The molecule has 2 aromatic heterocycles. The topological polar surface area (TPSA) is 114 Å². The number of hydrogen-bond acceptors (Lipinski definition) is 9. The fraction of sp³-hybridized carbons (Fsp3) is 0.472. The van der Waals surface area contributed by atoms with E-state index >= 15 is 0 Å². The maximum atomic E-state index is 13.6. The van der Waals surface area contributed by atoms with Gasteiger partial charge in [0, 0.05) is 68.8 Å². The number of carbonyl (C=O) groups excluding carboxylic acids is 1. The number of H-pyrrole nitrogens is 1. The second-order valence-corrected chi connectivity index (χ2v) is 12.1. The standard InChI is InChI=1S/C36H48N6O5/c1-7-47-24(2)29-11-8-12-30-33(29)40-36(39-30)38-28-14-18-42(19-15-28)17-13-26(25-10-9-16-37-22-25)23-41(3)35(43)27-20-31(44-4)34(46-6)32(21-27)45-5/h8-12,16,20-22,24,26,28H,7,13-15,17-19,23H2,1-6H3,(H2,38,39,40). The predicted octanol–water partition coefficient (Wildman–Crippen LogP) is 5.90. The van der Waals surface area contributed by atoms with E-state index in [0.29, 0.717) is 42.0 Å². The largest absolute Gasteiger partial charge is 0.493 e. The molecule has 0 spiro atoms. The number of carbonyl (C=O) groups is 1. The maximum absolute atomic E-state index is 13.6. The molecule has 2 N–H and O–H groups in total. The summed E-state index contributed by atoms with van der Waals surface area (Å²) in [7, 11) is 6.48. The Morgan fingerprint density at radius 2 is 1.83 bits per heavy atom. The van der Waals surface area contributed by atoms with Gasteiger partial charge in [0.2, 0.25) is 11.7 Å². The fourth-order valence-corrected chi connectivity index (χ4v) is 6.44. The molecule has 2 aromatic carbocycles. The third-order valence-corrected chi connectivity index (χ3v) is 9.03. The Hall–Kier alpha value is -4.35. The Morgan fingerprint density at radius 1 is 1.09 bits per heavy atom. The Kier molecular flexibility index (Phi) is 11.6. The van der Waals surface area contributed by atoms with Crippen LogP contribution < -0.4 is 19.5 Å². The van der Waals surface area contributed by atoms with Crippen LogP contribution in [0.1, 0.15) is 66.6 Å². The molecular formula is C36H48N6O5. The summed E-state index contributed by atoms with van der Waals surface area (Å²) in [5.41, 5.74) is 4.68. The number of imidazole rings is 1. The molecule has 47 heavy (non-hydrogen) atoms. The minimum Gasteiger partial charge on any atom is -0.493 e. The minimum absolute atomic E-state index is 0.00837. The number of nitrogens with one attached hydrogen (secondary N) is 2. The van der Waals surface area contributed by atoms with E-state index in [1.54, 1.807) is 44.6 Å². The zero-order valence-corrected chi connectivity index (χ0v) is 28.4. The predicted molar refractivity (Wildman–Crippen MR) is 184 cm³/mol. The molecule has 1 amide bonds. The molecule has 0 saturated carbocycles.